The third-order valence-corrected chi connectivity index (χ3v) is 7.73. The number of aryl methyl sites for hydroxylation is 1. The van der Waals surface area contributed by atoms with Crippen LogP contribution in [0.4, 0.5) is 8.78 Å². The molecule has 2 aliphatic rings. The fourth-order valence-corrected chi connectivity index (χ4v) is 5.81. The molecule has 2 nitrogen and oxygen atoms in total. The summed E-state index contributed by atoms with van der Waals surface area (Å²) in [5.74, 6) is -0.481. The molecule has 1 saturated heterocycles. The summed E-state index contributed by atoms with van der Waals surface area (Å²) in [6, 6.07) is 21.6. The minimum atomic E-state index is -0.289. The average molecular weight is 446 g/mol. The predicted octanol–water partition coefficient (Wildman–Crippen LogP) is 6.38. The Bertz CT molecular complexity index is 1070. The van der Waals surface area contributed by atoms with Crippen LogP contribution in [-0.2, 0) is 16.6 Å². The highest BCUT2D eigenvalue weighted by molar-refractivity contribution is 5.76. The molecule has 1 amide bonds. The van der Waals surface area contributed by atoms with Gasteiger partial charge in [0.05, 0.1) is 0 Å². The number of likely N-dealkylation sites (tertiary alicyclic amines) is 1. The zero-order valence-electron chi connectivity index (χ0n) is 18.8. The van der Waals surface area contributed by atoms with Crippen LogP contribution in [0.25, 0.3) is 0 Å². The first-order valence-corrected chi connectivity index (χ1v) is 11.9. The van der Waals surface area contributed by atoms with Crippen molar-refractivity contribution in [1.29, 1.82) is 0 Å². The zero-order valence-corrected chi connectivity index (χ0v) is 18.8. The monoisotopic (exact) mass is 445 g/mol. The van der Waals surface area contributed by atoms with E-state index in [4.69, 9.17) is 0 Å². The lowest BCUT2D eigenvalue weighted by Crippen LogP contribution is -2.44. The summed E-state index contributed by atoms with van der Waals surface area (Å²) in [7, 11) is 0. The number of carbonyl (C=O) groups is 1. The maximum absolute atomic E-state index is 13.5. The number of hydrogen-bond acceptors (Lipinski definition) is 1. The van der Waals surface area contributed by atoms with Crippen molar-refractivity contribution in [3.05, 3.63) is 107 Å². The summed E-state index contributed by atoms with van der Waals surface area (Å²) in [4.78, 5) is 15.1. The highest BCUT2D eigenvalue weighted by atomic mass is 19.1. The van der Waals surface area contributed by atoms with E-state index < -0.39 is 0 Å². The summed E-state index contributed by atoms with van der Waals surface area (Å²) < 4.78 is 26.9. The van der Waals surface area contributed by atoms with Crippen molar-refractivity contribution in [2.75, 3.05) is 13.1 Å². The van der Waals surface area contributed by atoms with Gasteiger partial charge in [-0.1, -0.05) is 48.5 Å². The van der Waals surface area contributed by atoms with Gasteiger partial charge >= 0.3 is 0 Å². The van der Waals surface area contributed by atoms with Gasteiger partial charge in [-0.15, -0.1) is 0 Å². The number of rotatable bonds is 5. The first-order valence-electron chi connectivity index (χ1n) is 11.9. The van der Waals surface area contributed by atoms with Gasteiger partial charge in [-0.2, -0.15) is 0 Å². The predicted molar refractivity (Wildman–Crippen MR) is 126 cm³/mol. The second kappa shape index (κ2) is 9.09. The van der Waals surface area contributed by atoms with E-state index in [1.807, 2.05) is 4.90 Å². The number of fused-ring (bicyclic) bond motifs is 2. The quantitative estimate of drug-likeness (QED) is 0.446. The van der Waals surface area contributed by atoms with Crippen LogP contribution in [0.5, 0.6) is 0 Å². The van der Waals surface area contributed by atoms with Gasteiger partial charge in [-0.3, -0.25) is 4.79 Å². The minimum absolute atomic E-state index is 0.0759. The van der Waals surface area contributed by atoms with E-state index in [1.54, 1.807) is 24.3 Å². The Morgan fingerprint density at radius 3 is 2.00 bits per heavy atom. The summed E-state index contributed by atoms with van der Waals surface area (Å²) in [6.45, 7) is 1.59. The molecule has 0 aromatic heterocycles. The van der Waals surface area contributed by atoms with Crippen LogP contribution in [0.15, 0.2) is 72.8 Å². The summed E-state index contributed by atoms with van der Waals surface area (Å²) >= 11 is 0. The summed E-state index contributed by atoms with van der Waals surface area (Å²) in [5, 5.41) is 0. The number of nitrogens with zero attached hydrogens (tertiary/aromatic N) is 1. The highest BCUT2D eigenvalue weighted by Gasteiger charge is 2.41. The third kappa shape index (κ3) is 4.44. The Morgan fingerprint density at radius 1 is 0.818 bits per heavy atom. The number of benzene rings is 3. The standard InChI is InChI=1S/C29H29F2NO/c30-24-9-5-21(6-10-24)26(22-7-11-25(31)12-8-22)13-14-28(33)32-19-17-29(18-20-32)16-15-23-3-1-2-4-27(23)29/h1-12,26H,13-20H2. The fourth-order valence-electron chi connectivity index (χ4n) is 5.81. The summed E-state index contributed by atoms with van der Waals surface area (Å²) in [6.07, 6.45) is 5.40. The van der Waals surface area contributed by atoms with E-state index in [1.165, 1.54) is 41.8 Å². The number of halogens is 2. The largest absolute Gasteiger partial charge is 0.343 e. The van der Waals surface area contributed by atoms with Crippen LogP contribution in [0.3, 0.4) is 0 Å². The number of piperidine rings is 1. The molecule has 0 atom stereocenters. The Kier molecular flexibility index (Phi) is 6.01. The van der Waals surface area contributed by atoms with E-state index >= 15 is 0 Å². The lowest BCUT2D eigenvalue weighted by atomic mass is 9.74. The van der Waals surface area contributed by atoms with Gasteiger partial charge in [-0.25, -0.2) is 8.78 Å². The van der Waals surface area contributed by atoms with E-state index in [2.05, 4.69) is 24.3 Å². The van der Waals surface area contributed by atoms with Gasteiger partial charge < -0.3 is 4.90 Å². The Hall–Kier alpha value is -3.01. The van der Waals surface area contributed by atoms with Crippen LogP contribution in [0.1, 0.15) is 60.3 Å². The van der Waals surface area contributed by atoms with Crippen LogP contribution >= 0.6 is 0 Å². The van der Waals surface area contributed by atoms with E-state index in [0.717, 1.165) is 43.5 Å². The van der Waals surface area contributed by atoms with Gasteiger partial charge in [0.15, 0.2) is 0 Å². The average Bonchev–Trinajstić information content (AvgIpc) is 3.20. The van der Waals surface area contributed by atoms with Crippen LogP contribution in [-0.4, -0.2) is 23.9 Å². The van der Waals surface area contributed by atoms with Gasteiger partial charge in [0.2, 0.25) is 5.91 Å². The Morgan fingerprint density at radius 2 is 1.39 bits per heavy atom. The zero-order chi connectivity index (χ0) is 22.8. The molecule has 1 aliphatic carbocycles. The van der Waals surface area contributed by atoms with Crippen molar-refractivity contribution in [2.24, 2.45) is 0 Å². The molecule has 170 valence electrons. The molecule has 0 bridgehead atoms. The molecule has 1 spiro atoms. The van der Waals surface area contributed by atoms with E-state index in [9.17, 15) is 13.6 Å². The summed E-state index contributed by atoms with van der Waals surface area (Å²) in [5.41, 5.74) is 5.08. The lowest BCUT2D eigenvalue weighted by Gasteiger charge is -2.40. The molecule has 1 fully saturated rings. The molecular formula is C29H29F2NO. The molecule has 5 rings (SSSR count). The normalized spacial score (nSPS) is 16.9. The lowest BCUT2D eigenvalue weighted by molar-refractivity contribution is -0.133. The first-order chi connectivity index (χ1) is 16.0. The molecule has 4 heteroatoms. The Balaban J connectivity index is 1.25. The molecule has 3 aromatic rings. The molecule has 0 saturated carbocycles. The maximum Gasteiger partial charge on any atom is 0.222 e. The third-order valence-electron chi connectivity index (χ3n) is 7.73. The first kappa shape index (κ1) is 21.8. The molecule has 3 aromatic carbocycles. The molecule has 0 unspecified atom stereocenters. The van der Waals surface area contributed by atoms with Crippen molar-refractivity contribution in [3.8, 4) is 0 Å². The van der Waals surface area contributed by atoms with E-state index in [-0.39, 0.29) is 28.9 Å². The van der Waals surface area contributed by atoms with Gasteiger partial charge in [0, 0.05) is 25.4 Å². The van der Waals surface area contributed by atoms with Crippen LogP contribution < -0.4 is 0 Å². The van der Waals surface area contributed by atoms with E-state index in [0.29, 0.717) is 12.8 Å². The second-order valence-electron chi connectivity index (χ2n) is 9.51. The smallest absolute Gasteiger partial charge is 0.222 e. The van der Waals surface area contributed by atoms with Crippen molar-refractivity contribution < 1.29 is 13.6 Å². The Labute approximate surface area is 194 Å². The number of hydrogen-bond donors (Lipinski definition) is 0. The van der Waals surface area contributed by atoms with Crippen molar-refractivity contribution in [1.82, 2.24) is 4.90 Å². The van der Waals surface area contributed by atoms with Crippen LogP contribution in [0.2, 0.25) is 0 Å². The SMILES string of the molecule is O=C(CCC(c1ccc(F)cc1)c1ccc(F)cc1)N1CCC2(CCc3ccccc32)CC1. The molecule has 0 radical (unpaired) electrons. The topological polar surface area (TPSA) is 20.3 Å². The molecule has 1 aliphatic heterocycles. The number of carbonyl (C=O) groups excluding carboxylic acids is 1. The van der Waals surface area contributed by atoms with Crippen molar-refractivity contribution in [2.45, 2.75) is 49.9 Å². The molecular weight excluding hydrogens is 416 g/mol. The highest BCUT2D eigenvalue weighted by Crippen LogP contribution is 2.46. The molecule has 0 N–H and O–H groups in total. The van der Waals surface area contributed by atoms with Crippen LogP contribution in [0, 0.1) is 11.6 Å². The minimum Gasteiger partial charge on any atom is -0.343 e. The van der Waals surface area contributed by atoms with Crippen molar-refractivity contribution >= 4 is 5.91 Å². The van der Waals surface area contributed by atoms with Crippen molar-refractivity contribution in [3.63, 3.8) is 0 Å². The maximum atomic E-state index is 13.5. The molecule has 33 heavy (non-hydrogen) atoms. The fraction of sp³-hybridized carbons (Fsp3) is 0.345. The number of amides is 1. The van der Waals surface area contributed by atoms with Gasteiger partial charge in [0.1, 0.15) is 11.6 Å². The second-order valence-corrected chi connectivity index (χ2v) is 9.51. The van der Waals surface area contributed by atoms with Gasteiger partial charge in [-0.05, 0) is 84.0 Å². The molecule has 1 heterocycles. The van der Waals surface area contributed by atoms with Gasteiger partial charge in [0.25, 0.3) is 0 Å².